The Morgan fingerprint density at radius 1 is 0.900 bits per heavy atom. The summed E-state index contributed by atoms with van der Waals surface area (Å²) in [5.41, 5.74) is 3.34. The summed E-state index contributed by atoms with van der Waals surface area (Å²) < 4.78 is 0. The molecule has 0 aliphatic carbocycles. The van der Waals surface area contributed by atoms with Crippen molar-refractivity contribution in [2.45, 2.75) is 10.1 Å². The van der Waals surface area contributed by atoms with E-state index in [-0.39, 0.29) is 11.2 Å². The van der Waals surface area contributed by atoms with Gasteiger partial charge in [0.05, 0.1) is 20.9 Å². The molecule has 0 fully saturated rings. The summed E-state index contributed by atoms with van der Waals surface area (Å²) >= 11 is 1.21. The molecule has 0 saturated carbocycles. The molecule has 8 heteroatoms. The van der Waals surface area contributed by atoms with E-state index in [9.17, 15) is 14.9 Å². The van der Waals surface area contributed by atoms with E-state index in [2.05, 4.69) is 15.0 Å². The van der Waals surface area contributed by atoms with Crippen molar-refractivity contribution in [3.8, 4) is 11.1 Å². The molecule has 146 valence electrons. The average molecular weight is 414 g/mol. The maximum atomic E-state index is 13.0. The number of nitro benzene ring substituents is 1. The van der Waals surface area contributed by atoms with Gasteiger partial charge in [0.1, 0.15) is 0 Å². The molecular weight excluding hydrogens is 400 g/mol. The molecule has 5 rings (SSSR count). The highest BCUT2D eigenvalue weighted by atomic mass is 32.2. The van der Waals surface area contributed by atoms with Gasteiger partial charge in [-0.15, -0.1) is 0 Å². The molecule has 3 aromatic carbocycles. The molecule has 0 atom stereocenters. The molecule has 2 N–H and O–H groups in total. The third kappa shape index (κ3) is 3.13. The summed E-state index contributed by atoms with van der Waals surface area (Å²) in [6, 6.07) is 21.5. The summed E-state index contributed by atoms with van der Waals surface area (Å²) in [4.78, 5) is 35.0. The van der Waals surface area contributed by atoms with E-state index in [0.717, 1.165) is 16.6 Å². The lowest BCUT2D eigenvalue weighted by molar-refractivity contribution is -0.384. The Bertz CT molecular complexity index is 1440. The van der Waals surface area contributed by atoms with Crippen molar-refractivity contribution in [1.29, 1.82) is 0 Å². The number of aromatic nitrogens is 3. The zero-order chi connectivity index (χ0) is 20.7. The molecule has 0 bridgehead atoms. The zero-order valence-electron chi connectivity index (χ0n) is 15.5. The van der Waals surface area contributed by atoms with Crippen molar-refractivity contribution in [3.63, 3.8) is 0 Å². The summed E-state index contributed by atoms with van der Waals surface area (Å²) in [6.45, 7) is 0. The van der Waals surface area contributed by atoms with Crippen molar-refractivity contribution < 1.29 is 4.92 Å². The first-order valence-electron chi connectivity index (χ1n) is 9.12. The second-order valence-electron chi connectivity index (χ2n) is 6.67. The van der Waals surface area contributed by atoms with Crippen LogP contribution >= 0.6 is 11.8 Å². The quantitative estimate of drug-likeness (QED) is 0.313. The van der Waals surface area contributed by atoms with Crippen molar-refractivity contribution >= 4 is 39.4 Å². The van der Waals surface area contributed by atoms with Crippen LogP contribution in [0.15, 0.2) is 87.6 Å². The Balaban J connectivity index is 1.78. The number of H-pyrrole nitrogens is 2. The molecule has 7 nitrogen and oxygen atoms in total. The Morgan fingerprint density at radius 3 is 2.43 bits per heavy atom. The van der Waals surface area contributed by atoms with Gasteiger partial charge in [-0.25, -0.2) is 4.98 Å². The summed E-state index contributed by atoms with van der Waals surface area (Å²) in [5.74, 6) is 0. The number of nitrogens with one attached hydrogen (secondary N) is 2. The minimum absolute atomic E-state index is 0.0357. The number of fused-ring (bicyclic) bond motifs is 2. The van der Waals surface area contributed by atoms with Crippen molar-refractivity contribution in [2.75, 3.05) is 0 Å². The largest absolute Gasteiger partial charge is 0.333 e. The summed E-state index contributed by atoms with van der Waals surface area (Å²) in [5, 5.41) is 12.5. The number of nitro groups is 1. The Hall–Kier alpha value is -3.91. The third-order valence-electron chi connectivity index (χ3n) is 4.79. The Labute approximate surface area is 173 Å². The highest BCUT2D eigenvalue weighted by Gasteiger charge is 2.19. The van der Waals surface area contributed by atoms with Gasteiger partial charge in [0.25, 0.3) is 11.2 Å². The van der Waals surface area contributed by atoms with Crippen molar-refractivity contribution in [1.82, 2.24) is 15.0 Å². The smallest absolute Gasteiger partial charge is 0.270 e. The second kappa shape index (κ2) is 7.16. The highest BCUT2D eigenvalue weighted by molar-refractivity contribution is 7.99. The first-order chi connectivity index (χ1) is 14.6. The molecule has 0 unspecified atom stereocenters. The second-order valence-corrected chi connectivity index (χ2v) is 7.67. The van der Waals surface area contributed by atoms with Crippen LogP contribution in [0.5, 0.6) is 0 Å². The first-order valence-corrected chi connectivity index (χ1v) is 9.94. The van der Waals surface area contributed by atoms with Crippen LogP contribution in [0.25, 0.3) is 33.1 Å². The summed E-state index contributed by atoms with van der Waals surface area (Å²) in [7, 11) is 0. The van der Waals surface area contributed by atoms with Crippen LogP contribution in [0.4, 0.5) is 5.69 Å². The lowest BCUT2D eigenvalue weighted by Gasteiger charge is -2.12. The van der Waals surface area contributed by atoms with Gasteiger partial charge in [0, 0.05) is 28.6 Å². The molecule has 0 amide bonds. The van der Waals surface area contributed by atoms with E-state index in [1.165, 1.54) is 23.9 Å². The molecule has 5 aromatic rings. The molecule has 30 heavy (non-hydrogen) atoms. The van der Waals surface area contributed by atoms with Crippen LogP contribution in [-0.2, 0) is 0 Å². The minimum atomic E-state index is -0.439. The molecular formula is C22H14N4O3S. The van der Waals surface area contributed by atoms with Crippen LogP contribution in [0.1, 0.15) is 0 Å². The van der Waals surface area contributed by atoms with Gasteiger partial charge in [-0.05, 0) is 35.5 Å². The SMILES string of the molecule is O=c1[nH]c2ccc([N+](=O)[O-])cc2c(-c2ccccc2)c1Sc1nc2ccccc2[nH]1. The lowest BCUT2D eigenvalue weighted by atomic mass is 10.0. The molecule has 0 saturated heterocycles. The number of rotatable bonds is 4. The van der Waals surface area contributed by atoms with Gasteiger partial charge in [0.2, 0.25) is 0 Å². The van der Waals surface area contributed by atoms with Gasteiger partial charge < -0.3 is 9.97 Å². The van der Waals surface area contributed by atoms with E-state index in [0.29, 0.717) is 26.5 Å². The fraction of sp³-hybridized carbons (Fsp3) is 0. The standard InChI is InChI=1S/C22H14N4O3S/c27-21-20(30-22-24-17-8-4-5-9-18(17)25-22)19(13-6-2-1-3-7-13)15-12-14(26(28)29)10-11-16(15)23-21/h1-12H,(H,23,27)(H,24,25). The lowest BCUT2D eigenvalue weighted by Crippen LogP contribution is -2.11. The number of nitrogens with zero attached hydrogens (tertiary/aromatic N) is 2. The molecule has 0 spiro atoms. The van der Waals surface area contributed by atoms with Crippen molar-refractivity contribution in [2.24, 2.45) is 0 Å². The van der Waals surface area contributed by atoms with Crippen LogP contribution < -0.4 is 5.56 Å². The fourth-order valence-corrected chi connectivity index (χ4v) is 4.41. The number of benzene rings is 3. The topological polar surface area (TPSA) is 105 Å². The highest BCUT2D eigenvalue weighted by Crippen LogP contribution is 2.38. The number of non-ortho nitro benzene ring substituents is 1. The van der Waals surface area contributed by atoms with Gasteiger partial charge in [0.15, 0.2) is 5.16 Å². The maximum Gasteiger partial charge on any atom is 0.270 e. The van der Waals surface area contributed by atoms with Gasteiger partial charge in [-0.3, -0.25) is 14.9 Å². The summed E-state index contributed by atoms with van der Waals surface area (Å²) in [6.07, 6.45) is 0. The predicted molar refractivity (Wildman–Crippen MR) is 117 cm³/mol. The van der Waals surface area contributed by atoms with E-state index in [1.54, 1.807) is 6.07 Å². The van der Waals surface area contributed by atoms with Gasteiger partial charge in [-0.2, -0.15) is 0 Å². The van der Waals surface area contributed by atoms with E-state index in [4.69, 9.17) is 0 Å². The first kappa shape index (κ1) is 18.1. The molecule has 0 aliphatic heterocycles. The fourth-order valence-electron chi connectivity index (χ4n) is 3.44. The third-order valence-corrected chi connectivity index (χ3v) is 5.77. The number of aromatic amines is 2. The Kier molecular flexibility index (Phi) is 4.33. The number of para-hydroxylation sites is 2. The zero-order valence-corrected chi connectivity index (χ0v) is 16.3. The molecule has 2 heterocycles. The maximum absolute atomic E-state index is 13.0. The van der Waals surface area contributed by atoms with E-state index >= 15 is 0 Å². The predicted octanol–water partition coefficient (Wildman–Crippen LogP) is 5.13. The average Bonchev–Trinajstić information content (AvgIpc) is 3.17. The van der Waals surface area contributed by atoms with Crippen LogP contribution in [0, 0.1) is 10.1 Å². The van der Waals surface area contributed by atoms with E-state index < -0.39 is 4.92 Å². The van der Waals surface area contributed by atoms with Crippen LogP contribution in [0.2, 0.25) is 0 Å². The minimum Gasteiger partial charge on any atom is -0.333 e. The van der Waals surface area contributed by atoms with E-state index in [1.807, 2.05) is 54.6 Å². The number of hydrogen-bond acceptors (Lipinski definition) is 5. The monoisotopic (exact) mass is 414 g/mol. The van der Waals surface area contributed by atoms with Crippen LogP contribution in [-0.4, -0.2) is 19.9 Å². The molecule has 0 aliphatic rings. The molecule has 2 aromatic heterocycles. The normalized spacial score (nSPS) is 11.2. The van der Waals surface area contributed by atoms with Crippen LogP contribution in [0.3, 0.4) is 0 Å². The van der Waals surface area contributed by atoms with Gasteiger partial charge >= 0.3 is 0 Å². The number of imidazole rings is 1. The number of hydrogen-bond donors (Lipinski definition) is 2. The Morgan fingerprint density at radius 2 is 1.67 bits per heavy atom. The molecule has 0 radical (unpaired) electrons. The van der Waals surface area contributed by atoms with Crippen molar-refractivity contribution in [3.05, 3.63) is 93.3 Å². The van der Waals surface area contributed by atoms with Gasteiger partial charge in [-0.1, -0.05) is 42.5 Å². The number of pyridine rings is 1.